The third-order valence-electron chi connectivity index (χ3n) is 6.49. The summed E-state index contributed by atoms with van der Waals surface area (Å²) in [5.74, 6) is 1.15. The summed E-state index contributed by atoms with van der Waals surface area (Å²) in [4.78, 5) is 18.8. The third-order valence-corrected chi connectivity index (χ3v) is 6.49. The number of rotatable bonds is 5. The Hall–Kier alpha value is -2.53. The van der Waals surface area contributed by atoms with Gasteiger partial charge in [0, 0.05) is 18.8 Å². The molecule has 0 spiro atoms. The zero-order valence-corrected chi connectivity index (χ0v) is 17.6. The molecule has 1 heterocycles. The Morgan fingerprint density at radius 1 is 1.17 bits per heavy atom. The van der Waals surface area contributed by atoms with Crippen molar-refractivity contribution in [2.45, 2.75) is 25.3 Å². The van der Waals surface area contributed by atoms with Crippen molar-refractivity contribution < 1.29 is 14.4 Å². The Labute approximate surface area is 173 Å². The van der Waals surface area contributed by atoms with Crippen LogP contribution in [-0.4, -0.2) is 57.7 Å². The van der Waals surface area contributed by atoms with Crippen molar-refractivity contribution in [2.75, 3.05) is 51.8 Å². The Kier molecular flexibility index (Phi) is 6.05. The molecule has 154 valence electrons. The molecule has 5 nitrogen and oxygen atoms in total. The van der Waals surface area contributed by atoms with Gasteiger partial charge in [-0.2, -0.15) is 0 Å². The average Bonchev–Trinajstić information content (AvgIpc) is 2.78. The van der Waals surface area contributed by atoms with Crippen LogP contribution in [0.25, 0.3) is 0 Å². The van der Waals surface area contributed by atoms with E-state index in [0.717, 1.165) is 51.2 Å². The van der Waals surface area contributed by atoms with Crippen molar-refractivity contribution in [3.05, 3.63) is 59.7 Å². The smallest absolute Gasteiger partial charge is 0.278 e. The van der Waals surface area contributed by atoms with E-state index in [0.29, 0.717) is 6.54 Å². The van der Waals surface area contributed by atoms with Crippen molar-refractivity contribution in [1.82, 2.24) is 4.90 Å². The van der Waals surface area contributed by atoms with Crippen molar-refractivity contribution in [3.8, 4) is 5.75 Å². The number of benzene rings is 2. The van der Waals surface area contributed by atoms with E-state index in [-0.39, 0.29) is 11.9 Å². The van der Waals surface area contributed by atoms with E-state index in [2.05, 4.69) is 41.3 Å². The quantitative estimate of drug-likeness (QED) is 0.842. The molecule has 4 rings (SSSR count). The van der Waals surface area contributed by atoms with E-state index in [1.807, 2.05) is 24.1 Å². The Morgan fingerprint density at radius 3 is 2.76 bits per heavy atom. The number of aryl methyl sites for hydroxylation is 1. The van der Waals surface area contributed by atoms with E-state index in [1.54, 1.807) is 7.11 Å². The molecule has 1 N–H and O–H groups in total. The highest BCUT2D eigenvalue weighted by Gasteiger charge is 2.29. The summed E-state index contributed by atoms with van der Waals surface area (Å²) in [5, 5.41) is 0. The summed E-state index contributed by atoms with van der Waals surface area (Å²) in [6.45, 7) is 4.48. The second-order valence-corrected chi connectivity index (χ2v) is 8.23. The lowest BCUT2D eigenvalue weighted by molar-refractivity contribution is -0.892. The van der Waals surface area contributed by atoms with Gasteiger partial charge in [0.05, 0.1) is 39.3 Å². The topological polar surface area (TPSA) is 37.2 Å². The summed E-state index contributed by atoms with van der Waals surface area (Å²) < 4.78 is 5.35. The zero-order chi connectivity index (χ0) is 20.2. The fraction of sp³-hybridized carbons (Fsp3) is 0.458. The van der Waals surface area contributed by atoms with Crippen molar-refractivity contribution >= 4 is 11.6 Å². The van der Waals surface area contributed by atoms with Crippen LogP contribution >= 0.6 is 0 Å². The summed E-state index contributed by atoms with van der Waals surface area (Å²) in [6, 6.07) is 17.1. The Bertz CT molecular complexity index is 846. The number of methoxy groups -OCH3 is 1. The fourth-order valence-electron chi connectivity index (χ4n) is 4.71. The molecule has 2 aromatic carbocycles. The second-order valence-electron chi connectivity index (χ2n) is 8.23. The maximum absolute atomic E-state index is 13.0. The molecular weight excluding hydrogens is 362 g/mol. The number of quaternary nitrogens is 1. The predicted molar refractivity (Wildman–Crippen MR) is 116 cm³/mol. The second kappa shape index (κ2) is 8.87. The summed E-state index contributed by atoms with van der Waals surface area (Å²) in [5.41, 5.74) is 3.95. The number of nitrogens with zero attached hydrogens (tertiary/aromatic N) is 2. The van der Waals surface area contributed by atoms with Gasteiger partial charge in [0.25, 0.3) is 5.91 Å². The van der Waals surface area contributed by atoms with Crippen LogP contribution in [-0.2, 0) is 11.2 Å². The number of carbonyl (C=O) groups excluding carboxylic acids is 1. The van der Waals surface area contributed by atoms with Gasteiger partial charge < -0.3 is 19.4 Å². The van der Waals surface area contributed by atoms with E-state index in [4.69, 9.17) is 4.74 Å². The standard InChI is InChI=1S/C24H31N3O2/c1-25(23-12-5-8-19-7-3-4-11-22(19)23)24(28)18-26-13-15-27(16-14-26)20-9-6-10-21(17-20)29-2/h3-4,6-7,9-11,17,23H,5,8,12-16,18H2,1-2H3/p+1/t23-/m0/s1. The zero-order valence-electron chi connectivity index (χ0n) is 17.6. The molecule has 0 unspecified atom stereocenters. The van der Waals surface area contributed by atoms with Crippen molar-refractivity contribution in [1.29, 1.82) is 0 Å². The van der Waals surface area contributed by atoms with E-state index < -0.39 is 0 Å². The normalized spacial score (nSPS) is 19.5. The van der Waals surface area contributed by atoms with Crippen LogP contribution in [0.5, 0.6) is 5.75 Å². The molecule has 1 atom stereocenters. The molecule has 1 aliphatic heterocycles. The first-order valence-corrected chi connectivity index (χ1v) is 10.7. The fourth-order valence-corrected chi connectivity index (χ4v) is 4.71. The molecule has 1 saturated heterocycles. The molecule has 29 heavy (non-hydrogen) atoms. The van der Waals surface area contributed by atoms with Crippen LogP contribution in [0.4, 0.5) is 5.69 Å². The van der Waals surface area contributed by atoms with Crippen LogP contribution in [0, 0.1) is 0 Å². The monoisotopic (exact) mass is 394 g/mol. The molecule has 5 heteroatoms. The number of carbonyl (C=O) groups is 1. The van der Waals surface area contributed by atoms with Gasteiger partial charge in [0.15, 0.2) is 6.54 Å². The number of hydrogen-bond donors (Lipinski definition) is 1. The minimum absolute atomic E-state index is 0.227. The molecule has 1 aliphatic carbocycles. The van der Waals surface area contributed by atoms with Crippen LogP contribution in [0.1, 0.15) is 30.0 Å². The largest absolute Gasteiger partial charge is 0.497 e. The molecular formula is C24H32N3O2+. The van der Waals surface area contributed by atoms with Gasteiger partial charge in [-0.25, -0.2) is 0 Å². The van der Waals surface area contributed by atoms with Crippen LogP contribution in [0.2, 0.25) is 0 Å². The highest BCUT2D eigenvalue weighted by atomic mass is 16.5. The number of amides is 1. The van der Waals surface area contributed by atoms with Gasteiger partial charge in [-0.05, 0) is 42.5 Å². The maximum atomic E-state index is 13.0. The maximum Gasteiger partial charge on any atom is 0.278 e. The highest BCUT2D eigenvalue weighted by Crippen LogP contribution is 2.33. The lowest BCUT2D eigenvalue weighted by atomic mass is 9.87. The molecule has 0 radical (unpaired) electrons. The van der Waals surface area contributed by atoms with Crippen molar-refractivity contribution in [2.24, 2.45) is 0 Å². The third kappa shape index (κ3) is 4.40. The van der Waals surface area contributed by atoms with Gasteiger partial charge in [-0.1, -0.05) is 30.3 Å². The van der Waals surface area contributed by atoms with Crippen LogP contribution in [0.3, 0.4) is 0 Å². The van der Waals surface area contributed by atoms with E-state index in [9.17, 15) is 4.79 Å². The summed E-state index contributed by atoms with van der Waals surface area (Å²) in [7, 11) is 3.69. The predicted octanol–water partition coefficient (Wildman–Crippen LogP) is 1.94. The summed E-state index contributed by atoms with van der Waals surface area (Å²) in [6.07, 6.45) is 3.36. The molecule has 0 aromatic heterocycles. The lowest BCUT2D eigenvalue weighted by Crippen LogP contribution is -3.15. The van der Waals surface area contributed by atoms with Crippen LogP contribution < -0.4 is 14.5 Å². The molecule has 0 bridgehead atoms. The lowest BCUT2D eigenvalue weighted by Gasteiger charge is -2.36. The molecule has 0 saturated carbocycles. The minimum Gasteiger partial charge on any atom is -0.497 e. The molecule has 2 aliphatic rings. The number of ether oxygens (including phenoxy) is 1. The molecule has 1 amide bonds. The van der Waals surface area contributed by atoms with Gasteiger partial charge in [-0.15, -0.1) is 0 Å². The van der Waals surface area contributed by atoms with Gasteiger partial charge >= 0.3 is 0 Å². The Balaban J connectivity index is 1.33. The van der Waals surface area contributed by atoms with Gasteiger partial charge in [0.1, 0.15) is 5.75 Å². The first kappa shape index (κ1) is 19.8. The SMILES string of the molecule is COc1cccc(N2CC[NH+](CC(=O)N(C)[C@H]3CCCc4ccccc43)CC2)c1. The van der Waals surface area contributed by atoms with Gasteiger partial charge in [0.2, 0.25) is 0 Å². The molecule has 1 fully saturated rings. The first-order valence-electron chi connectivity index (χ1n) is 10.7. The summed E-state index contributed by atoms with van der Waals surface area (Å²) >= 11 is 0. The number of nitrogens with one attached hydrogen (secondary N) is 1. The van der Waals surface area contributed by atoms with Gasteiger partial charge in [-0.3, -0.25) is 4.79 Å². The van der Waals surface area contributed by atoms with E-state index >= 15 is 0 Å². The first-order chi connectivity index (χ1) is 14.2. The van der Waals surface area contributed by atoms with E-state index in [1.165, 1.54) is 21.7 Å². The average molecular weight is 395 g/mol. The molecule has 2 aromatic rings. The minimum atomic E-state index is 0.227. The number of fused-ring (bicyclic) bond motifs is 1. The Morgan fingerprint density at radius 2 is 1.97 bits per heavy atom. The number of likely N-dealkylation sites (N-methyl/N-ethyl adjacent to an activating group) is 1. The number of anilines is 1. The number of piperazine rings is 1. The number of hydrogen-bond acceptors (Lipinski definition) is 3. The highest BCUT2D eigenvalue weighted by molar-refractivity contribution is 5.77. The van der Waals surface area contributed by atoms with Crippen molar-refractivity contribution in [3.63, 3.8) is 0 Å². The van der Waals surface area contributed by atoms with Crippen LogP contribution in [0.15, 0.2) is 48.5 Å².